The van der Waals surface area contributed by atoms with E-state index in [9.17, 15) is 24.0 Å². The summed E-state index contributed by atoms with van der Waals surface area (Å²) in [6, 6.07) is 41.9. The number of anilines is 1. The number of carbonyl (C=O) groups is 5. The lowest BCUT2D eigenvalue weighted by Crippen LogP contribution is -2.29. The largest absolute Gasteiger partial charge is 0.493 e. The summed E-state index contributed by atoms with van der Waals surface area (Å²) in [6.45, 7) is 12.3. The van der Waals surface area contributed by atoms with Gasteiger partial charge in [0.25, 0.3) is 29.5 Å². The summed E-state index contributed by atoms with van der Waals surface area (Å²) in [4.78, 5) is 70.3. The van der Waals surface area contributed by atoms with Crippen LogP contribution in [0, 0.1) is 20.8 Å². The van der Waals surface area contributed by atoms with Crippen LogP contribution in [0.1, 0.15) is 99.0 Å². The van der Waals surface area contributed by atoms with Crippen LogP contribution in [-0.2, 0) is 19.7 Å². The highest BCUT2D eigenvalue weighted by Gasteiger charge is 2.39. The van der Waals surface area contributed by atoms with Gasteiger partial charge in [-0.05, 0) is 149 Å². The second-order valence-electron chi connectivity index (χ2n) is 18.6. The van der Waals surface area contributed by atoms with E-state index < -0.39 is 0 Å². The SMILES string of the molecule is CCOc1cccc(OCc2ccccc2)c1C(=O)N(C)c1ccc(Cl)c(C)c1.CCOc1cccc2c1C(=O)N(Cc1ccc(Cl)c(C)c1)C2=O.Cc1cc(CN2C(=O)c3cccc(OCCN(C)C)c3C2=O)ccc1Cl. The Labute approximate surface area is 470 Å². The molecule has 2 aliphatic heterocycles. The standard InChI is InChI=1S/C24H24ClNO3.C20H21ClN2O3.C18H16ClNO3/c1-4-28-21-11-8-12-22(29-16-18-9-6-5-7-10-18)23(21)24(27)26(3)19-13-14-20(25)17(2)15-19;1-13-11-14(7-8-16(13)21)12-23-19(24)15-5-4-6-17(18(15)20(23)25)26-10-9-22(2)3;1-3-23-15-6-4-5-13-16(15)18(22)20(17(13)21)10-12-7-8-14(19)11(2)9-12/h5-15H,4,16H2,1-3H3;4-8,11H,9-10,12H2,1-3H3;4-9H,3,10H2,1-2H3. The molecule has 0 saturated carbocycles. The lowest BCUT2D eigenvalue weighted by Gasteiger charge is -2.22. The number of hydrogen-bond acceptors (Lipinski definition) is 10. The zero-order valence-corrected chi connectivity index (χ0v) is 47.1. The predicted octanol–water partition coefficient (Wildman–Crippen LogP) is 13.1. The molecule has 7 aromatic carbocycles. The molecular formula is C62H61Cl3N4O9. The first-order valence-electron chi connectivity index (χ1n) is 25.3. The third-order valence-electron chi connectivity index (χ3n) is 12.7. The molecule has 16 heteroatoms. The first-order valence-corrected chi connectivity index (χ1v) is 26.4. The summed E-state index contributed by atoms with van der Waals surface area (Å²) < 4.78 is 23.0. The van der Waals surface area contributed by atoms with Crippen LogP contribution >= 0.6 is 34.8 Å². The molecule has 0 atom stereocenters. The van der Waals surface area contributed by atoms with E-state index in [1.807, 2.05) is 126 Å². The normalized spacial score (nSPS) is 12.4. The molecule has 0 saturated heterocycles. The highest BCUT2D eigenvalue weighted by molar-refractivity contribution is 6.32. The van der Waals surface area contributed by atoms with E-state index in [0.29, 0.717) is 92.3 Å². The van der Waals surface area contributed by atoms with Crippen LogP contribution in [0.15, 0.2) is 140 Å². The number of ether oxygens (including phenoxy) is 4. The van der Waals surface area contributed by atoms with E-state index in [2.05, 4.69) is 0 Å². The van der Waals surface area contributed by atoms with Crippen molar-refractivity contribution in [1.29, 1.82) is 0 Å². The van der Waals surface area contributed by atoms with Gasteiger partial charge in [0, 0.05) is 34.3 Å². The molecule has 0 spiro atoms. The molecular weight excluding hydrogens is 1050 g/mol. The number of aryl methyl sites for hydroxylation is 3. The van der Waals surface area contributed by atoms with Crippen molar-refractivity contribution < 1.29 is 42.9 Å². The number of halogens is 3. The van der Waals surface area contributed by atoms with Gasteiger partial charge in [-0.1, -0.05) is 108 Å². The lowest BCUT2D eigenvalue weighted by atomic mass is 10.1. The van der Waals surface area contributed by atoms with Crippen LogP contribution in [0.2, 0.25) is 15.1 Å². The zero-order chi connectivity index (χ0) is 56.2. The Morgan fingerprint density at radius 1 is 0.487 bits per heavy atom. The highest BCUT2D eigenvalue weighted by Crippen LogP contribution is 2.36. The van der Waals surface area contributed by atoms with Crippen molar-refractivity contribution in [3.05, 3.63) is 216 Å². The number of fused-ring (bicyclic) bond motifs is 2. The van der Waals surface area contributed by atoms with Crippen LogP contribution < -0.4 is 23.8 Å². The molecule has 0 unspecified atom stereocenters. The molecule has 0 bridgehead atoms. The maximum absolute atomic E-state index is 13.4. The molecule has 7 aromatic rings. The van der Waals surface area contributed by atoms with Crippen molar-refractivity contribution in [3.8, 4) is 23.0 Å². The molecule has 0 radical (unpaired) electrons. The third kappa shape index (κ3) is 13.7. The van der Waals surface area contributed by atoms with Gasteiger partial charge in [-0.25, -0.2) is 0 Å². The Morgan fingerprint density at radius 2 is 0.936 bits per heavy atom. The summed E-state index contributed by atoms with van der Waals surface area (Å²) in [7, 11) is 5.63. The quantitative estimate of drug-likeness (QED) is 0.0811. The van der Waals surface area contributed by atoms with Crippen molar-refractivity contribution >= 4 is 70.0 Å². The smallest absolute Gasteiger partial charge is 0.265 e. The van der Waals surface area contributed by atoms with Gasteiger partial charge >= 0.3 is 0 Å². The van der Waals surface area contributed by atoms with Gasteiger partial charge in [0.2, 0.25) is 0 Å². The number of amides is 5. The van der Waals surface area contributed by atoms with Crippen molar-refractivity contribution in [2.24, 2.45) is 0 Å². The molecule has 5 amide bonds. The van der Waals surface area contributed by atoms with Gasteiger partial charge in [0.05, 0.1) is 48.6 Å². The summed E-state index contributed by atoms with van der Waals surface area (Å²) in [5, 5.41) is 1.98. The van der Waals surface area contributed by atoms with Crippen LogP contribution in [0.4, 0.5) is 5.69 Å². The number of hydrogen-bond donors (Lipinski definition) is 0. The van der Waals surface area contributed by atoms with E-state index in [1.165, 1.54) is 9.80 Å². The fourth-order valence-electron chi connectivity index (χ4n) is 8.58. The molecule has 0 N–H and O–H groups in total. The van der Waals surface area contributed by atoms with Gasteiger partial charge in [-0.15, -0.1) is 0 Å². The second kappa shape index (κ2) is 26.6. The number of rotatable bonds is 17. The van der Waals surface area contributed by atoms with Crippen molar-refractivity contribution in [2.75, 3.05) is 52.4 Å². The highest BCUT2D eigenvalue weighted by atomic mass is 35.5. The third-order valence-corrected chi connectivity index (χ3v) is 14.0. The molecule has 404 valence electrons. The lowest BCUT2D eigenvalue weighted by molar-refractivity contribution is 0.0625. The van der Waals surface area contributed by atoms with Crippen LogP contribution in [-0.4, -0.2) is 91.7 Å². The Morgan fingerprint density at radius 3 is 1.42 bits per heavy atom. The average Bonchev–Trinajstić information content (AvgIpc) is 3.99. The van der Waals surface area contributed by atoms with Gasteiger partial charge in [0.15, 0.2) is 0 Å². The molecule has 0 fully saturated rings. The summed E-state index contributed by atoms with van der Waals surface area (Å²) in [5.41, 5.74) is 8.11. The Bertz CT molecular complexity index is 3350. The van der Waals surface area contributed by atoms with E-state index in [-0.39, 0.29) is 42.6 Å². The maximum Gasteiger partial charge on any atom is 0.265 e. The summed E-state index contributed by atoms with van der Waals surface area (Å²) in [6.07, 6.45) is 0. The number of benzene rings is 7. The molecule has 9 rings (SSSR count). The fourth-order valence-corrected chi connectivity index (χ4v) is 8.93. The monoisotopic (exact) mass is 1110 g/mol. The van der Waals surface area contributed by atoms with Crippen molar-refractivity contribution in [3.63, 3.8) is 0 Å². The molecule has 13 nitrogen and oxygen atoms in total. The number of carbonyl (C=O) groups excluding carboxylic acids is 5. The zero-order valence-electron chi connectivity index (χ0n) is 44.8. The second-order valence-corrected chi connectivity index (χ2v) is 19.9. The minimum atomic E-state index is -0.321. The topological polar surface area (TPSA) is 135 Å². The molecule has 2 aliphatic rings. The number of likely N-dealkylation sites (N-methyl/N-ethyl adjacent to an activating group) is 1. The number of imide groups is 2. The fraction of sp³-hybridized carbons (Fsp3) is 0.242. The predicted molar refractivity (Wildman–Crippen MR) is 306 cm³/mol. The van der Waals surface area contributed by atoms with Gasteiger partial charge in [0.1, 0.15) is 41.8 Å². The number of nitrogens with zero attached hydrogens (tertiary/aromatic N) is 4. The molecule has 0 aromatic heterocycles. The van der Waals surface area contributed by atoms with Gasteiger partial charge in [-0.2, -0.15) is 0 Å². The molecule has 78 heavy (non-hydrogen) atoms. The van der Waals surface area contributed by atoms with E-state index in [0.717, 1.165) is 45.6 Å². The van der Waals surface area contributed by atoms with Gasteiger partial charge < -0.3 is 28.7 Å². The minimum Gasteiger partial charge on any atom is -0.493 e. The van der Waals surface area contributed by atoms with E-state index in [1.54, 1.807) is 78.7 Å². The first-order chi connectivity index (χ1) is 37.4. The summed E-state index contributed by atoms with van der Waals surface area (Å²) >= 11 is 18.2. The van der Waals surface area contributed by atoms with Gasteiger partial charge in [-0.3, -0.25) is 33.8 Å². The average molecular weight is 1110 g/mol. The van der Waals surface area contributed by atoms with Crippen LogP contribution in [0.25, 0.3) is 0 Å². The van der Waals surface area contributed by atoms with Crippen molar-refractivity contribution in [2.45, 2.75) is 54.3 Å². The minimum absolute atomic E-state index is 0.209. The first kappa shape index (κ1) is 58.0. The Kier molecular flexibility index (Phi) is 19.8. The summed E-state index contributed by atoms with van der Waals surface area (Å²) in [5.74, 6) is 0.465. The Balaban J connectivity index is 0.000000171. The van der Waals surface area contributed by atoms with Crippen molar-refractivity contribution in [1.82, 2.24) is 14.7 Å². The molecule has 0 aliphatic carbocycles. The Hall–Kier alpha value is -7.68. The van der Waals surface area contributed by atoms with E-state index >= 15 is 0 Å². The van der Waals surface area contributed by atoms with Crippen LogP contribution in [0.3, 0.4) is 0 Å². The molecule has 2 heterocycles. The van der Waals surface area contributed by atoms with Crippen LogP contribution in [0.5, 0.6) is 23.0 Å². The maximum atomic E-state index is 13.4. The van der Waals surface area contributed by atoms with E-state index in [4.69, 9.17) is 53.8 Å².